The Balaban J connectivity index is 1.96. The summed E-state index contributed by atoms with van der Waals surface area (Å²) in [6.07, 6.45) is 0.521. The highest BCUT2D eigenvalue weighted by atomic mass is 16.5. The van der Waals surface area contributed by atoms with E-state index in [1.54, 1.807) is 0 Å². The predicted octanol–water partition coefficient (Wildman–Crippen LogP) is -0.0106. The summed E-state index contributed by atoms with van der Waals surface area (Å²) < 4.78 is 11.7. The molecule has 4 nitrogen and oxygen atoms in total. The van der Waals surface area contributed by atoms with Crippen LogP contribution in [0.25, 0.3) is 0 Å². The molecule has 2 N–H and O–H groups in total. The lowest BCUT2D eigenvalue weighted by Gasteiger charge is -2.43. The highest BCUT2D eigenvalue weighted by Crippen LogP contribution is 2.31. The monoisotopic (exact) mass is 214 g/mol. The highest BCUT2D eigenvalue weighted by Gasteiger charge is 2.40. The minimum atomic E-state index is 0.0703. The van der Waals surface area contributed by atoms with Gasteiger partial charge in [-0.1, -0.05) is 13.8 Å². The normalized spacial score (nSPS) is 34.0. The lowest BCUT2D eigenvalue weighted by molar-refractivity contribution is -0.125. The van der Waals surface area contributed by atoms with Crippen LogP contribution in [0.2, 0.25) is 0 Å². The van der Waals surface area contributed by atoms with Gasteiger partial charge in [-0.3, -0.25) is 0 Å². The zero-order chi connectivity index (χ0) is 10.7. The lowest BCUT2D eigenvalue weighted by atomic mass is 9.79. The van der Waals surface area contributed by atoms with Gasteiger partial charge in [-0.15, -0.1) is 0 Å². The number of morpholine rings is 2. The maximum atomic E-state index is 5.83. The Labute approximate surface area is 91.7 Å². The molecule has 0 aromatic carbocycles. The minimum Gasteiger partial charge on any atom is -0.375 e. The van der Waals surface area contributed by atoms with Crippen LogP contribution in [0.15, 0.2) is 0 Å². The van der Waals surface area contributed by atoms with Gasteiger partial charge in [0.05, 0.1) is 25.4 Å². The summed E-state index contributed by atoms with van der Waals surface area (Å²) in [6, 6.07) is 0. The Hall–Kier alpha value is -0.160. The van der Waals surface area contributed by atoms with Crippen molar-refractivity contribution in [2.24, 2.45) is 5.41 Å². The van der Waals surface area contributed by atoms with Gasteiger partial charge >= 0.3 is 0 Å². The van der Waals surface area contributed by atoms with E-state index in [0.29, 0.717) is 0 Å². The summed E-state index contributed by atoms with van der Waals surface area (Å²) in [7, 11) is 0. The SMILES string of the molecule is CC(C)(C1CNCCO1)C1CNCCO1. The third-order valence-corrected chi connectivity index (χ3v) is 3.51. The zero-order valence-corrected chi connectivity index (χ0v) is 9.71. The first-order valence-electron chi connectivity index (χ1n) is 5.86. The van der Waals surface area contributed by atoms with E-state index >= 15 is 0 Å². The van der Waals surface area contributed by atoms with Crippen LogP contribution < -0.4 is 10.6 Å². The van der Waals surface area contributed by atoms with Gasteiger partial charge in [0.15, 0.2) is 0 Å². The first-order chi connectivity index (χ1) is 7.21. The predicted molar refractivity (Wildman–Crippen MR) is 59.0 cm³/mol. The molecular weight excluding hydrogens is 192 g/mol. The lowest BCUT2D eigenvalue weighted by Crippen LogP contribution is -2.56. The molecule has 2 heterocycles. The van der Waals surface area contributed by atoms with Gasteiger partial charge in [0.25, 0.3) is 0 Å². The quantitative estimate of drug-likeness (QED) is 0.678. The van der Waals surface area contributed by atoms with Gasteiger partial charge in [0.1, 0.15) is 0 Å². The van der Waals surface area contributed by atoms with E-state index in [1.807, 2.05) is 0 Å². The molecule has 4 heteroatoms. The molecule has 2 saturated heterocycles. The molecule has 0 radical (unpaired) electrons. The van der Waals surface area contributed by atoms with Gasteiger partial charge in [0.2, 0.25) is 0 Å². The van der Waals surface area contributed by atoms with Gasteiger partial charge < -0.3 is 20.1 Å². The number of ether oxygens (including phenoxy) is 2. The van der Waals surface area contributed by atoms with Gasteiger partial charge in [-0.05, 0) is 0 Å². The van der Waals surface area contributed by atoms with E-state index in [1.165, 1.54) is 0 Å². The van der Waals surface area contributed by atoms with E-state index in [4.69, 9.17) is 9.47 Å². The molecule has 0 aromatic heterocycles. The summed E-state index contributed by atoms with van der Waals surface area (Å²) >= 11 is 0. The van der Waals surface area contributed by atoms with Crippen molar-refractivity contribution < 1.29 is 9.47 Å². The first kappa shape index (κ1) is 11.3. The third-order valence-electron chi connectivity index (χ3n) is 3.51. The molecule has 0 amide bonds. The van der Waals surface area contributed by atoms with E-state index in [0.717, 1.165) is 39.4 Å². The summed E-state index contributed by atoms with van der Waals surface area (Å²) in [6.45, 7) is 9.92. The Morgan fingerprint density at radius 2 is 1.40 bits per heavy atom. The molecule has 2 rings (SSSR count). The van der Waals surface area contributed by atoms with Gasteiger partial charge in [-0.2, -0.15) is 0 Å². The second-order valence-corrected chi connectivity index (χ2v) is 4.95. The van der Waals surface area contributed by atoms with Crippen molar-refractivity contribution in [2.45, 2.75) is 26.1 Å². The standard InChI is InChI=1S/C11H22N2O2/c1-11(2,9-7-12-3-5-14-9)10-8-13-4-6-15-10/h9-10,12-13H,3-8H2,1-2H3. The van der Waals surface area contributed by atoms with E-state index in [9.17, 15) is 0 Å². The van der Waals surface area contributed by atoms with Gasteiger partial charge in [0, 0.05) is 31.6 Å². The van der Waals surface area contributed by atoms with Crippen molar-refractivity contribution in [3.8, 4) is 0 Å². The van der Waals surface area contributed by atoms with E-state index < -0.39 is 0 Å². The fraction of sp³-hybridized carbons (Fsp3) is 1.00. The molecule has 2 atom stereocenters. The van der Waals surface area contributed by atoms with Crippen LogP contribution in [0.3, 0.4) is 0 Å². The maximum Gasteiger partial charge on any atom is 0.0776 e. The molecule has 15 heavy (non-hydrogen) atoms. The Kier molecular flexibility index (Phi) is 3.61. The van der Waals surface area contributed by atoms with Crippen molar-refractivity contribution in [2.75, 3.05) is 39.4 Å². The fourth-order valence-electron chi connectivity index (χ4n) is 2.29. The number of rotatable bonds is 2. The van der Waals surface area contributed by atoms with Gasteiger partial charge in [-0.25, -0.2) is 0 Å². The fourth-order valence-corrected chi connectivity index (χ4v) is 2.29. The third kappa shape index (κ3) is 2.50. The molecule has 0 aromatic rings. The minimum absolute atomic E-state index is 0.0703. The molecule has 88 valence electrons. The van der Waals surface area contributed by atoms with Crippen LogP contribution in [0.1, 0.15) is 13.8 Å². The van der Waals surface area contributed by atoms with Crippen molar-refractivity contribution >= 4 is 0 Å². The summed E-state index contributed by atoms with van der Waals surface area (Å²) in [4.78, 5) is 0. The van der Waals surface area contributed by atoms with Crippen LogP contribution in [-0.2, 0) is 9.47 Å². The smallest absolute Gasteiger partial charge is 0.0776 e. The number of hydrogen-bond donors (Lipinski definition) is 2. The largest absolute Gasteiger partial charge is 0.375 e. The van der Waals surface area contributed by atoms with Crippen LogP contribution >= 0.6 is 0 Å². The van der Waals surface area contributed by atoms with Crippen LogP contribution in [0.5, 0.6) is 0 Å². The van der Waals surface area contributed by atoms with Crippen molar-refractivity contribution in [1.82, 2.24) is 10.6 Å². The molecule has 0 spiro atoms. The summed E-state index contributed by atoms with van der Waals surface area (Å²) in [5.41, 5.74) is 0.0703. The Bertz CT molecular complexity index is 177. The van der Waals surface area contributed by atoms with Crippen molar-refractivity contribution in [3.05, 3.63) is 0 Å². The topological polar surface area (TPSA) is 42.5 Å². The Morgan fingerprint density at radius 1 is 0.933 bits per heavy atom. The summed E-state index contributed by atoms with van der Waals surface area (Å²) in [5, 5.41) is 6.76. The Morgan fingerprint density at radius 3 is 1.73 bits per heavy atom. The highest BCUT2D eigenvalue weighted by molar-refractivity contribution is 4.91. The molecule has 2 fully saturated rings. The van der Waals surface area contributed by atoms with E-state index in [-0.39, 0.29) is 17.6 Å². The van der Waals surface area contributed by atoms with Crippen molar-refractivity contribution in [1.29, 1.82) is 0 Å². The number of hydrogen-bond acceptors (Lipinski definition) is 4. The molecular formula is C11H22N2O2. The van der Waals surface area contributed by atoms with Crippen molar-refractivity contribution in [3.63, 3.8) is 0 Å². The average molecular weight is 214 g/mol. The molecule has 0 saturated carbocycles. The molecule has 2 unspecified atom stereocenters. The van der Waals surface area contributed by atoms with E-state index in [2.05, 4.69) is 24.5 Å². The summed E-state index contributed by atoms with van der Waals surface area (Å²) in [5.74, 6) is 0. The maximum absolute atomic E-state index is 5.83. The molecule has 0 aliphatic carbocycles. The van der Waals surface area contributed by atoms with Crippen LogP contribution in [-0.4, -0.2) is 51.6 Å². The molecule has 2 aliphatic rings. The first-order valence-corrected chi connectivity index (χ1v) is 5.86. The second kappa shape index (κ2) is 4.78. The molecule has 2 aliphatic heterocycles. The average Bonchev–Trinajstić information content (AvgIpc) is 2.31. The van der Waals surface area contributed by atoms with Crippen LogP contribution in [0, 0.1) is 5.41 Å². The number of nitrogens with one attached hydrogen (secondary N) is 2. The zero-order valence-electron chi connectivity index (χ0n) is 9.71. The molecule has 0 bridgehead atoms. The van der Waals surface area contributed by atoms with Crippen LogP contribution in [0.4, 0.5) is 0 Å². The second-order valence-electron chi connectivity index (χ2n) is 4.95.